The molecular weight excluding hydrogens is 192 g/mol. The van der Waals surface area contributed by atoms with Crippen molar-refractivity contribution in [3.8, 4) is 6.07 Å². The van der Waals surface area contributed by atoms with Gasteiger partial charge in [-0.05, 0) is 24.1 Å². The molecule has 0 aliphatic heterocycles. The molecule has 14 heavy (non-hydrogen) atoms. The molecule has 0 aliphatic rings. The maximum Gasteiger partial charge on any atom is 0.195 e. The van der Waals surface area contributed by atoms with Gasteiger partial charge in [-0.3, -0.25) is 0 Å². The number of rotatable bonds is 2. The number of aryl methyl sites for hydroxylation is 1. The first kappa shape index (κ1) is 9.17. The monoisotopic (exact) mass is 202 g/mol. The zero-order chi connectivity index (χ0) is 9.97. The number of fused-ring (bicyclic) bond motifs is 1. The highest BCUT2D eigenvalue weighted by Crippen LogP contribution is 2.23. The Balaban J connectivity index is 2.50. The minimum absolute atomic E-state index is 0.550. The molecule has 0 bridgehead atoms. The Hall–Kier alpha value is -1.40. The summed E-state index contributed by atoms with van der Waals surface area (Å²) in [4.78, 5) is 4.19. The summed E-state index contributed by atoms with van der Waals surface area (Å²) in [6, 6.07) is 8.30. The first-order chi connectivity index (χ1) is 6.83. The molecule has 0 saturated carbocycles. The SMILES string of the molecule is CCCc1ccc2nc(C#N)sc2c1. The van der Waals surface area contributed by atoms with Crippen LogP contribution in [0.5, 0.6) is 0 Å². The van der Waals surface area contributed by atoms with Crippen molar-refractivity contribution in [1.29, 1.82) is 5.26 Å². The third kappa shape index (κ3) is 1.61. The van der Waals surface area contributed by atoms with E-state index in [2.05, 4.69) is 30.1 Å². The second-order valence-electron chi connectivity index (χ2n) is 3.18. The fourth-order valence-corrected chi connectivity index (χ4v) is 2.29. The Bertz CT molecular complexity index is 493. The van der Waals surface area contributed by atoms with E-state index in [-0.39, 0.29) is 0 Å². The standard InChI is InChI=1S/C11H10N2S/c1-2-3-8-4-5-9-10(6-8)14-11(7-12)13-9/h4-6H,2-3H2,1H3. The van der Waals surface area contributed by atoms with E-state index in [9.17, 15) is 0 Å². The van der Waals surface area contributed by atoms with Gasteiger partial charge in [0.25, 0.3) is 0 Å². The topological polar surface area (TPSA) is 36.7 Å². The summed E-state index contributed by atoms with van der Waals surface area (Å²) in [7, 11) is 0. The Morgan fingerprint density at radius 3 is 3.07 bits per heavy atom. The van der Waals surface area contributed by atoms with Crippen molar-refractivity contribution in [2.45, 2.75) is 19.8 Å². The van der Waals surface area contributed by atoms with Gasteiger partial charge in [0.2, 0.25) is 0 Å². The van der Waals surface area contributed by atoms with Gasteiger partial charge in [-0.2, -0.15) is 5.26 Å². The summed E-state index contributed by atoms with van der Waals surface area (Å²) in [5.74, 6) is 0. The first-order valence-corrected chi connectivity index (χ1v) is 5.44. The fourth-order valence-electron chi connectivity index (χ4n) is 1.46. The largest absolute Gasteiger partial charge is 0.226 e. The van der Waals surface area contributed by atoms with E-state index in [4.69, 9.17) is 5.26 Å². The Labute approximate surface area is 86.8 Å². The van der Waals surface area contributed by atoms with Gasteiger partial charge in [-0.25, -0.2) is 4.98 Å². The van der Waals surface area contributed by atoms with Crippen LogP contribution in [0.1, 0.15) is 23.9 Å². The van der Waals surface area contributed by atoms with E-state index >= 15 is 0 Å². The molecule has 0 amide bonds. The predicted octanol–water partition coefficient (Wildman–Crippen LogP) is 3.12. The number of aromatic nitrogens is 1. The number of nitriles is 1. The van der Waals surface area contributed by atoms with Gasteiger partial charge < -0.3 is 0 Å². The summed E-state index contributed by atoms with van der Waals surface area (Å²) in [5, 5.41) is 9.26. The molecular formula is C11H10N2S. The summed E-state index contributed by atoms with van der Waals surface area (Å²) < 4.78 is 1.12. The quantitative estimate of drug-likeness (QED) is 0.750. The molecule has 0 radical (unpaired) electrons. The van der Waals surface area contributed by atoms with Gasteiger partial charge >= 0.3 is 0 Å². The third-order valence-electron chi connectivity index (χ3n) is 2.09. The van der Waals surface area contributed by atoms with Gasteiger partial charge in [0.05, 0.1) is 10.2 Å². The molecule has 0 atom stereocenters. The molecule has 3 heteroatoms. The van der Waals surface area contributed by atoms with Crippen molar-refractivity contribution in [3.63, 3.8) is 0 Å². The maximum atomic E-state index is 8.71. The van der Waals surface area contributed by atoms with E-state index in [1.54, 1.807) is 0 Å². The van der Waals surface area contributed by atoms with Gasteiger partial charge in [0.1, 0.15) is 6.07 Å². The van der Waals surface area contributed by atoms with Crippen molar-refractivity contribution < 1.29 is 0 Å². The van der Waals surface area contributed by atoms with Crippen LogP contribution in [0.25, 0.3) is 10.2 Å². The third-order valence-corrected chi connectivity index (χ3v) is 3.01. The van der Waals surface area contributed by atoms with Gasteiger partial charge in [-0.1, -0.05) is 19.4 Å². The summed E-state index contributed by atoms with van der Waals surface area (Å²) in [5.41, 5.74) is 2.26. The number of benzene rings is 1. The van der Waals surface area contributed by atoms with Crippen LogP contribution in [0.15, 0.2) is 18.2 Å². The Kier molecular flexibility index (Phi) is 2.47. The number of hydrogen-bond donors (Lipinski definition) is 0. The molecule has 1 heterocycles. The van der Waals surface area contributed by atoms with Crippen LogP contribution in [0.4, 0.5) is 0 Å². The predicted molar refractivity (Wildman–Crippen MR) is 58.3 cm³/mol. The van der Waals surface area contributed by atoms with E-state index in [0.717, 1.165) is 23.1 Å². The highest BCUT2D eigenvalue weighted by molar-refractivity contribution is 7.19. The van der Waals surface area contributed by atoms with Gasteiger partial charge in [-0.15, -0.1) is 11.3 Å². The minimum atomic E-state index is 0.550. The van der Waals surface area contributed by atoms with Crippen molar-refractivity contribution in [2.24, 2.45) is 0 Å². The molecule has 0 aliphatic carbocycles. The normalized spacial score (nSPS) is 10.3. The molecule has 2 nitrogen and oxygen atoms in total. The minimum Gasteiger partial charge on any atom is -0.226 e. The Morgan fingerprint density at radius 1 is 1.50 bits per heavy atom. The van der Waals surface area contributed by atoms with E-state index in [0.29, 0.717) is 5.01 Å². The smallest absolute Gasteiger partial charge is 0.195 e. The van der Waals surface area contributed by atoms with E-state index < -0.39 is 0 Å². The zero-order valence-corrected chi connectivity index (χ0v) is 8.77. The molecule has 0 spiro atoms. The lowest BCUT2D eigenvalue weighted by molar-refractivity contribution is 0.924. The van der Waals surface area contributed by atoms with Gasteiger partial charge in [0.15, 0.2) is 5.01 Å². The summed E-state index contributed by atoms with van der Waals surface area (Å²) in [6.07, 6.45) is 2.24. The molecule has 1 aromatic heterocycles. The molecule has 2 aromatic rings. The van der Waals surface area contributed by atoms with Crippen LogP contribution in [0.3, 0.4) is 0 Å². The van der Waals surface area contributed by atoms with Crippen LogP contribution in [0.2, 0.25) is 0 Å². The number of thiazole rings is 1. The van der Waals surface area contributed by atoms with Crippen molar-refractivity contribution in [3.05, 3.63) is 28.8 Å². The lowest BCUT2D eigenvalue weighted by Gasteiger charge is -1.96. The highest BCUT2D eigenvalue weighted by Gasteiger charge is 2.03. The Morgan fingerprint density at radius 2 is 2.36 bits per heavy atom. The number of hydrogen-bond acceptors (Lipinski definition) is 3. The molecule has 0 unspecified atom stereocenters. The fraction of sp³-hybridized carbons (Fsp3) is 0.273. The molecule has 0 saturated heterocycles. The van der Waals surface area contributed by atoms with Crippen LogP contribution in [-0.2, 0) is 6.42 Å². The van der Waals surface area contributed by atoms with E-state index in [1.807, 2.05) is 6.07 Å². The summed E-state index contributed by atoms with van der Waals surface area (Å²) >= 11 is 1.47. The van der Waals surface area contributed by atoms with E-state index in [1.165, 1.54) is 16.9 Å². The average Bonchev–Trinajstić information content (AvgIpc) is 2.60. The maximum absolute atomic E-state index is 8.71. The summed E-state index contributed by atoms with van der Waals surface area (Å²) in [6.45, 7) is 2.16. The van der Waals surface area contributed by atoms with Crippen LogP contribution in [-0.4, -0.2) is 4.98 Å². The highest BCUT2D eigenvalue weighted by atomic mass is 32.1. The van der Waals surface area contributed by atoms with Crippen molar-refractivity contribution in [1.82, 2.24) is 4.98 Å². The first-order valence-electron chi connectivity index (χ1n) is 4.63. The lowest BCUT2D eigenvalue weighted by atomic mass is 10.1. The van der Waals surface area contributed by atoms with Gasteiger partial charge in [0, 0.05) is 0 Å². The zero-order valence-electron chi connectivity index (χ0n) is 7.95. The molecule has 0 N–H and O–H groups in total. The average molecular weight is 202 g/mol. The van der Waals surface area contributed by atoms with Crippen molar-refractivity contribution >= 4 is 21.6 Å². The van der Waals surface area contributed by atoms with Crippen LogP contribution < -0.4 is 0 Å². The second kappa shape index (κ2) is 3.77. The van der Waals surface area contributed by atoms with Crippen molar-refractivity contribution in [2.75, 3.05) is 0 Å². The molecule has 2 rings (SSSR count). The second-order valence-corrected chi connectivity index (χ2v) is 4.21. The number of nitrogens with zero attached hydrogens (tertiary/aromatic N) is 2. The molecule has 0 fully saturated rings. The molecule has 70 valence electrons. The lowest BCUT2D eigenvalue weighted by Crippen LogP contribution is -1.81. The van der Waals surface area contributed by atoms with Crippen LogP contribution in [0, 0.1) is 11.3 Å². The van der Waals surface area contributed by atoms with Crippen LogP contribution >= 0.6 is 11.3 Å². The molecule has 1 aromatic carbocycles.